The summed E-state index contributed by atoms with van der Waals surface area (Å²) in [6.07, 6.45) is -3.58. The van der Waals surface area contributed by atoms with Crippen LogP contribution < -0.4 is 14.8 Å². The molecule has 10 heteroatoms. The molecule has 0 fully saturated rings. The van der Waals surface area contributed by atoms with E-state index >= 15 is 0 Å². The van der Waals surface area contributed by atoms with Gasteiger partial charge in [-0.2, -0.15) is 18.3 Å². The van der Waals surface area contributed by atoms with Gasteiger partial charge in [0.05, 0.1) is 26.5 Å². The molecule has 0 saturated heterocycles. The molecule has 1 aromatic heterocycles. The number of amides is 1. The summed E-state index contributed by atoms with van der Waals surface area (Å²) in [6, 6.07) is 2.42. The molecule has 1 aromatic carbocycles. The Bertz CT molecular complexity index is 909. The number of ether oxygens (including phenoxy) is 2. The Morgan fingerprint density at radius 2 is 1.90 bits per heavy atom. The van der Waals surface area contributed by atoms with E-state index in [4.69, 9.17) is 9.47 Å². The zero-order valence-electron chi connectivity index (χ0n) is 17.3. The number of hydrogen-bond acceptors (Lipinski definition) is 5. The minimum atomic E-state index is -4.52. The van der Waals surface area contributed by atoms with Gasteiger partial charge >= 0.3 is 6.18 Å². The quantitative estimate of drug-likeness (QED) is 0.755. The lowest BCUT2D eigenvalue weighted by Crippen LogP contribution is -2.37. The molecule has 0 radical (unpaired) electrons. The summed E-state index contributed by atoms with van der Waals surface area (Å²) in [6.45, 7) is 4.52. The van der Waals surface area contributed by atoms with Gasteiger partial charge in [0.25, 0.3) is 5.91 Å². The van der Waals surface area contributed by atoms with E-state index in [1.807, 2.05) is 13.8 Å². The highest BCUT2D eigenvalue weighted by Crippen LogP contribution is 2.45. The number of carbonyl (C=O) groups is 1. The van der Waals surface area contributed by atoms with E-state index in [0.717, 1.165) is 4.68 Å². The second kappa shape index (κ2) is 8.45. The molecule has 1 N–H and O–H groups in total. The average Bonchev–Trinajstić information content (AvgIpc) is 3.16. The predicted octanol–water partition coefficient (Wildman–Crippen LogP) is 4.04. The van der Waals surface area contributed by atoms with Gasteiger partial charge in [0.2, 0.25) is 0 Å². The van der Waals surface area contributed by atoms with Crippen molar-refractivity contribution >= 4 is 11.7 Å². The van der Waals surface area contributed by atoms with Crippen molar-refractivity contribution < 1.29 is 27.4 Å². The largest absolute Gasteiger partial charge is 0.493 e. The van der Waals surface area contributed by atoms with Gasteiger partial charge in [0, 0.05) is 19.5 Å². The number of nitrogens with one attached hydrogen (secondary N) is 1. The van der Waals surface area contributed by atoms with E-state index < -0.39 is 18.3 Å². The molecule has 0 spiro atoms. The first kappa shape index (κ1) is 21.8. The van der Waals surface area contributed by atoms with E-state index in [9.17, 15) is 18.0 Å². The lowest BCUT2D eigenvalue weighted by atomic mass is 9.96. The van der Waals surface area contributed by atoms with Gasteiger partial charge in [-0.1, -0.05) is 6.07 Å². The van der Waals surface area contributed by atoms with Crippen molar-refractivity contribution in [1.82, 2.24) is 14.7 Å². The standard InChI is InChI=1S/C20H25F3N4O3/c1-5-26(6-2)19(28)13-11-24-27-17(20(21,22)23)10-14(25-18(13)27)12-7-8-15(29-3)16(9-12)30-4/h7-9,11,14,17,25H,5-6,10H2,1-4H3/t14-,17+/m0/s1. The average molecular weight is 426 g/mol. The van der Waals surface area contributed by atoms with Gasteiger partial charge in [-0.05, 0) is 31.5 Å². The van der Waals surface area contributed by atoms with Crippen LogP contribution in [0.5, 0.6) is 11.5 Å². The van der Waals surface area contributed by atoms with Crippen molar-refractivity contribution in [1.29, 1.82) is 0 Å². The summed E-state index contributed by atoms with van der Waals surface area (Å²) in [4.78, 5) is 14.4. The third-order valence-electron chi connectivity index (χ3n) is 5.33. The highest BCUT2D eigenvalue weighted by Gasteiger charge is 2.47. The second-order valence-electron chi connectivity index (χ2n) is 6.93. The summed E-state index contributed by atoms with van der Waals surface area (Å²) < 4.78 is 52.9. The van der Waals surface area contributed by atoms with Crippen LogP contribution in [0.4, 0.5) is 19.0 Å². The first-order chi connectivity index (χ1) is 14.2. The van der Waals surface area contributed by atoms with Crippen LogP contribution in [0, 0.1) is 0 Å². The fourth-order valence-corrected chi connectivity index (χ4v) is 3.69. The summed E-state index contributed by atoms with van der Waals surface area (Å²) in [5, 5.41) is 7.00. The number of halogens is 3. The topological polar surface area (TPSA) is 68.6 Å². The van der Waals surface area contributed by atoms with Crippen LogP contribution in [-0.4, -0.2) is 54.1 Å². The van der Waals surface area contributed by atoms with E-state index in [-0.39, 0.29) is 23.7 Å². The molecule has 1 aliphatic heterocycles. The van der Waals surface area contributed by atoms with Crippen LogP contribution in [0.1, 0.15) is 48.3 Å². The van der Waals surface area contributed by atoms with Crippen molar-refractivity contribution in [3.05, 3.63) is 35.5 Å². The Hall–Kier alpha value is -2.91. The fraction of sp³-hybridized carbons (Fsp3) is 0.500. The maximum Gasteiger partial charge on any atom is 0.410 e. The number of alkyl halides is 3. The molecule has 3 rings (SSSR count). The Labute approximate surface area is 172 Å². The van der Waals surface area contributed by atoms with Crippen LogP contribution in [0.3, 0.4) is 0 Å². The molecule has 0 unspecified atom stereocenters. The van der Waals surface area contributed by atoms with E-state index in [0.29, 0.717) is 30.2 Å². The monoisotopic (exact) mass is 426 g/mol. The smallest absolute Gasteiger partial charge is 0.410 e. The lowest BCUT2D eigenvalue weighted by Gasteiger charge is -2.34. The van der Waals surface area contributed by atoms with Crippen LogP contribution >= 0.6 is 0 Å². The molecule has 2 heterocycles. The molecule has 30 heavy (non-hydrogen) atoms. The summed E-state index contributed by atoms with van der Waals surface area (Å²) >= 11 is 0. The molecule has 1 aliphatic rings. The molecule has 0 saturated carbocycles. The maximum atomic E-state index is 13.8. The summed E-state index contributed by atoms with van der Waals surface area (Å²) in [7, 11) is 2.95. The number of rotatable bonds is 6. The summed E-state index contributed by atoms with van der Waals surface area (Å²) in [5.74, 6) is 0.605. The van der Waals surface area contributed by atoms with Gasteiger partial charge in [-0.3, -0.25) is 4.79 Å². The number of anilines is 1. The van der Waals surface area contributed by atoms with Crippen LogP contribution in [-0.2, 0) is 0 Å². The Kier molecular flexibility index (Phi) is 6.14. The normalized spacial score (nSPS) is 18.4. The van der Waals surface area contributed by atoms with Crippen molar-refractivity contribution in [2.75, 3.05) is 32.6 Å². The van der Waals surface area contributed by atoms with Gasteiger partial charge < -0.3 is 19.7 Å². The van der Waals surface area contributed by atoms with Crippen molar-refractivity contribution in [3.63, 3.8) is 0 Å². The van der Waals surface area contributed by atoms with Gasteiger partial charge in [0.1, 0.15) is 11.4 Å². The van der Waals surface area contributed by atoms with E-state index in [2.05, 4.69) is 10.4 Å². The van der Waals surface area contributed by atoms with Gasteiger partial charge in [-0.15, -0.1) is 0 Å². The Morgan fingerprint density at radius 1 is 1.23 bits per heavy atom. The first-order valence-corrected chi connectivity index (χ1v) is 9.67. The van der Waals surface area contributed by atoms with Crippen molar-refractivity contribution in [2.24, 2.45) is 0 Å². The maximum absolute atomic E-state index is 13.8. The molecule has 2 aromatic rings. The second-order valence-corrected chi connectivity index (χ2v) is 6.93. The number of fused-ring (bicyclic) bond motifs is 1. The van der Waals surface area contributed by atoms with E-state index in [1.165, 1.54) is 20.4 Å². The minimum Gasteiger partial charge on any atom is -0.493 e. The Balaban J connectivity index is 2.05. The molecule has 0 aliphatic carbocycles. The molecular weight excluding hydrogens is 401 g/mol. The Morgan fingerprint density at radius 3 is 2.47 bits per heavy atom. The molecule has 7 nitrogen and oxygen atoms in total. The molecule has 2 atom stereocenters. The van der Waals surface area contributed by atoms with Crippen LogP contribution in [0.25, 0.3) is 0 Å². The van der Waals surface area contributed by atoms with E-state index in [1.54, 1.807) is 23.1 Å². The van der Waals surface area contributed by atoms with Crippen molar-refractivity contribution in [2.45, 2.75) is 38.5 Å². The molecular formula is C20H25F3N4O3. The first-order valence-electron chi connectivity index (χ1n) is 9.67. The highest BCUT2D eigenvalue weighted by molar-refractivity contribution is 5.99. The summed E-state index contributed by atoms with van der Waals surface area (Å²) in [5.41, 5.74) is 0.716. The van der Waals surface area contributed by atoms with Crippen LogP contribution in [0.15, 0.2) is 24.4 Å². The number of aromatic nitrogens is 2. The lowest BCUT2D eigenvalue weighted by molar-refractivity contribution is -0.173. The van der Waals surface area contributed by atoms with Gasteiger partial charge in [0.15, 0.2) is 17.5 Å². The zero-order chi connectivity index (χ0) is 22.1. The third kappa shape index (κ3) is 3.90. The number of nitrogens with zero attached hydrogens (tertiary/aromatic N) is 3. The third-order valence-corrected chi connectivity index (χ3v) is 5.33. The minimum absolute atomic E-state index is 0.0697. The molecule has 164 valence electrons. The number of benzene rings is 1. The predicted molar refractivity (Wildman–Crippen MR) is 105 cm³/mol. The molecule has 0 bridgehead atoms. The van der Waals surface area contributed by atoms with Gasteiger partial charge in [-0.25, -0.2) is 4.68 Å². The van der Waals surface area contributed by atoms with Crippen molar-refractivity contribution in [3.8, 4) is 11.5 Å². The number of hydrogen-bond donors (Lipinski definition) is 1. The highest BCUT2D eigenvalue weighted by atomic mass is 19.4. The molecule has 1 amide bonds. The number of carbonyl (C=O) groups excluding carboxylic acids is 1. The number of methoxy groups -OCH3 is 2. The zero-order valence-corrected chi connectivity index (χ0v) is 17.3. The van der Waals surface area contributed by atoms with Crippen LogP contribution in [0.2, 0.25) is 0 Å². The fourth-order valence-electron chi connectivity index (χ4n) is 3.69. The SMILES string of the molecule is CCN(CC)C(=O)c1cnn2c1N[C@H](c1ccc(OC)c(OC)c1)C[C@@H]2C(F)(F)F.